The van der Waals surface area contributed by atoms with Gasteiger partial charge in [0, 0.05) is 19.5 Å². The molecule has 0 aromatic heterocycles. The van der Waals surface area contributed by atoms with Crippen LogP contribution in [-0.2, 0) is 28.5 Å². The highest BCUT2D eigenvalue weighted by molar-refractivity contribution is 5.74. The molecule has 0 saturated heterocycles. The van der Waals surface area contributed by atoms with Crippen LogP contribution in [0.1, 0.15) is 110 Å². The van der Waals surface area contributed by atoms with Crippen molar-refractivity contribution in [3.05, 3.63) is 0 Å². The van der Waals surface area contributed by atoms with E-state index in [2.05, 4.69) is 19.2 Å². The van der Waals surface area contributed by atoms with Gasteiger partial charge in [0.2, 0.25) is 0 Å². The van der Waals surface area contributed by atoms with Gasteiger partial charge < -0.3 is 34.5 Å². The van der Waals surface area contributed by atoms with Crippen molar-refractivity contribution >= 4 is 24.2 Å². The Kier molecular flexibility index (Phi) is 22.9. The molecule has 0 unspecified atom stereocenters. The molecule has 3 N–H and O–H groups in total. The Bertz CT molecular complexity index is 659. The van der Waals surface area contributed by atoms with E-state index in [-0.39, 0.29) is 32.8 Å². The topological polar surface area (TPSA) is 158 Å². The Labute approximate surface area is 233 Å². The highest BCUT2D eigenvalue weighted by Gasteiger charge is 2.36. The Morgan fingerprint density at radius 2 is 1.05 bits per heavy atom. The number of hydrogen-bond acceptors (Lipinski definition) is 9. The third-order valence-electron chi connectivity index (χ3n) is 6.49. The normalized spacial score (nSPS) is 11.1. The predicted octanol–water partition coefficient (Wildman–Crippen LogP) is 5.93. The molecule has 11 nitrogen and oxygen atoms in total. The summed E-state index contributed by atoms with van der Waals surface area (Å²) >= 11 is 0. The first-order valence-electron chi connectivity index (χ1n) is 14.5. The summed E-state index contributed by atoms with van der Waals surface area (Å²) in [6.07, 6.45) is 9.79. The molecule has 0 amide bonds. The lowest BCUT2D eigenvalue weighted by atomic mass is 9.74. The van der Waals surface area contributed by atoms with Crippen molar-refractivity contribution in [1.82, 2.24) is 5.32 Å². The second-order valence-electron chi connectivity index (χ2n) is 9.81. The first-order chi connectivity index (χ1) is 18.8. The van der Waals surface area contributed by atoms with Crippen LogP contribution >= 0.6 is 0 Å². The van der Waals surface area contributed by atoms with Crippen molar-refractivity contribution in [2.24, 2.45) is 5.41 Å². The van der Waals surface area contributed by atoms with Crippen molar-refractivity contribution in [2.75, 3.05) is 39.5 Å². The zero-order valence-corrected chi connectivity index (χ0v) is 24.0. The molecule has 0 aliphatic carbocycles. The molecule has 0 radical (unpaired) electrons. The molecule has 0 rings (SSSR count). The van der Waals surface area contributed by atoms with E-state index in [1.165, 1.54) is 0 Å². The molecule has 228 valence electrons. The van der Waals surface area contributed by atoms with Gasteiger partial charge in [-0.25, -0.2) is 9.59 Å². The minimum atomic E-state index is -0.889. The van der Waals surface area contributed by atoms with Gasteiger partial charge in [-0.1, -0.05) is 65.2 Å². The van der Waals surface area contributed by atoms with Crippen LogP contribution in [0.2, 0.25) is 0 Å². The maximum atomic E-state index is 12.3. The summed E-state index contributed by atoms with van der Waals surface area (Å²) in [5.74, 6) is -1.64. The summed E-state index contributed by atoms with van der Waals surface area (Å²) in [5.41, 5.74) is -0.770. The third-order valence-corrected chi connectivity index (χ3v) is 6.49. The number of rotatable bonds is 26. The quantitative estimate of drug-likeness (QED) is 0.0849. The monoisotopic (exact) mass is 561 g/mol. The molecule has 0 atom stereocenters. The molecule has 39 heavy (non-hydrogen) atoms. The van der Waals surface area contributed by atoms with Crippen molar-refractivity contribution < 1.29 is 48.3 Å². The molecule has 0 aliphatic rings. The SMILES string of the molecule is CCCCCCC(CCCCCC)(CCCOC(=O)OCCNCCOC(=O)OCCCCC(=O)O)C(=O)O. The molecular weight excluding hydrogens is 510 g/mol. The fourth-order valence-corrected chi connectivity index (χ4v) is 4.20. The average Bonchev–Trinajstić information content (AvgIpc) is 2.90. The van der Waals surface area contributed by atoms with E-state index in [1.807, 2.05) is 0 Å². The summed E-state index contributed by atoms with van der Waals surface area (Å²) in [7, 11) is 0. The standard InChI is InChI=1S/C28H51NO10/c1-3-5-7-10-15-28(25(32)33,16-11-8-6-4-2)17-13-21-37-27(35)39-23-19-29-18-22-38-26(34)36-20-12-9-14-24(30)31/h29H,3-23H2,1-2H3,(H,30,31)(H,32,33). The fourth-order valence-electron chi connectivity index (χ4n) is 4.20. The molecule has 0 aromatic carbocycles. The molecule has 0 aliphatic heterocycles. The Balaban J connectivity index is 4.06. The summed E-state index contributed by atoms with van der Waals surface area (Å²) in [4.78, 5) is 45.9. The van der Waals surface area contributed by atoms with E-state index in [9.17, 15) is 24.3 Å². The summed E-state index contributed by atoms with van der Waals surface area (Å²) in [5, 5.41) is 21.5. The van der Waals surface area contributed by atoms with E-state index in [0.29, 0.717) is 51.6 Å². The van der Waals surface area contributed by atoms with Gasteiger partial charge in [-0.3, -0.25) is 9.59 Å². The second kappa shape index (κ2) is 24.5. The minimum absolute atomic E-state index is 0.0295. The summed E-state index contributed by atoms with van der Waals surface area (Å²) in [6.45, 7) is 5.28. The molecule has 0 bridgehead atoms. The van der Waals surface area contributed by atoms with Gasteiger partial charge in [-0.05, 0) is 38.5 Å². The predicted molar refractivity (Wildman–Crippen MR) is 146 cm³/mol. The number of ether oxygens (including phenoxy) is 4. The molecule has 0 aromatic rings. The van der Waals surface area contributed by atoms with E-state index < -0.39 is 29.7 Å². The first kappa shape index (κ1) is 36.4. The minimum Gasteiger partial charge on any atom is -0.481 e. The maximum absolute atomic E-state index is 12.3. The number of carbonyl (C=O) groups excluding carboxylic acids is 2. The van der Waals surface area contributed by atoms with Crippen LogP contribution in [0.4, 0.5) is 9.59 Å². The van der Waals surface area contributed by atoms with Crippen molar-refractivity contribution in [1.29, 1.82) is 0 Å². The highest BCUT2D eigenvalue weighted by Crippen LogP contribution is 2.37. The number of carboxylic acids is 2. The lowest BCUT2D eigenvalue weighted by molar-refractivity contribution is -0.151. The Hall–Kier alpha value is -2.56. The zero-order valence-electron chi connectivity index (χ0n) is 24.0. The van der Waals surface area contributed by atoms with Gasteiger partial charge in [0.1, 0.15) is 13.2 Å². The van der Waals surface area contributed by atoms with Crippen LogP contribution in [0.3, 0.4) is 0 Å². The van der Waals surface area contributed by atoms with Gasteiger partial charge >= 0.3 is 24.2 Å². The molecule has 11 heteroatoms. The van der Waals surface area contributed by atoms with Gasteiger partial charge in [0.15, 0.2) is 0 Å². The molecule has 0 heterocycles. The number of carboxylic acid groups (broad SMARTS) is 2. The van der Waals surface area contributed by atoms with E-state index in [4.69, 9.17) is 24.1 Å². The van der Waals surface area contributed by atoms with Crippen LogP contribution in [0.5, 0.6) is 0 Å². The van der Waals surface area contributed by atoms with E-state index >= 15 is 0 Å². The smallest absolute Gasteiger partial charge is 0.481 e. The maximum Gasteiger partial charge on any atom is 0.508 e. The van der Waals surface area contributed by atoms with Crippen LogP contribution in [0, 0.1) is 5.41 Å². The molecule has 0 saturated carbocycles. The lowest BCUT2D eigenvalue weighted by Crippen LogP contribution is -2.32. The molecule has 0 spiro atoms. The average molecular weight is 562 g/mol. The van der Waals surface area contributed by atoms with E-state index in [0.717, 1.165) is 51.4 Å². The number of aliphatic carboxylic acids is 2. The van der Waals surface area contributed by atoms with Crippen molar-refractivity contribution in [2.45, 2.75) is 110 Å². The molecule has 0 fully saturated rings. The molecular formula is C28H51NO10. The Morgan fingerprint density at radius 1 is 0.590 bits per heavy atom. The summed E-state index contributed by atoms with van der Waals surface area (Å²) < 4.78 is 19.8. The lowest BCUT2D eigenvalue weighted by Gasteiger charge is -2.30. The van der Waals surface area contributed by atoms with Crippen LogP contribution < -0.4 is 5.32 Å². The van der Waals surface area contributed by atoms with Crippen molar-refractivity contribution in [3.63, 3.8) is 0 Å². The van der Waals surface area contributed by atoms with Gasteiger partial charge in [0.25, 0.3) is 0 Å². The number of hydrogen-bond donors (Lipinski definition) is 3. The van der Waals surface area contributed by atoms with Crippen molar-refractivity contribution in [3.8, 4) is 0 Å². The third kappa shape index (κ3) is 21.0. The number of nitrogens with one attached hydrogen (secondary N) is 1. The fraction of sp³-hybridized carbons (Fsp3) is 0.857. The largest absolute Gasteiger partial charge is 0.508 e. The van der Waals surface area contributed by atoms with Crippen LogP contribution in [0.25, 0.3) is 0 Å². The Morgan fingerprint density at radius 3 is 1.51 bits per heavy atom. The van der Waals surface area contributed by atoms with Crippen LogP contribution in [-0.4, -0.2) is 74.0 Å². The zero-order chi connectivity index (χ0) is 29.2. The highest BCUT2D eigenvalue weighted by atomic mass is 16.7. The van der Waals surface area contributed by atoms with Gasteiger partial charge in [-0.2, -0.15) is 0 Å². The number of carbonyl (C=O) groups is 4. The number of unbranched alkanes of at least 4 members (excludes halogenated alkanes) is 7. The first-order valence-corrected chi connectivity index (χ1v) is 14.5. The second-order valence-corrected chi connectivity index (χ2v) is 9.81. The van der Waals surface area contributed by atoms with Crippen LogP contribution in [0.15, 0.2) is 0 Å². The summed E-state index contributed by atoms with van der Waals surface area (Å²) in [6, 6.07) is 0. The van der Waals surface area contributed by atoms with Gasteiger partial charge in [-0.15, -0.1) is 0 Å². The van der Waals surface area contributed by atoms with E-state index in [1.54, 1.807) is 0 Å². The van der Waals surface area contributed by atoms with Gasteiger partial charge in [0.05, 0.1) is 18.6 Å².